The molecule has 0 bridgehead atoms. The Bertz CT molecular complexity index is 2210. The first-order valence-corrected chi connectivity index (χ1v) is 24.3. The highest BCUT2D eigenvalue weighted by Gasteiger charge is 2.40. The Hall–Kier alpha value is -5.11. The van der Waals surface area contributed by atoms with Gasteiger partial charge in [-0.25, -0.2) is 9.88 Å². The predicted molar refractivity (Wildman–Crippen MR) is 253 cm³/mol. The highest BCUT2D eigenvalue weighted by molar-refractivity contribution is 8.09. The fourth-order valence-corrected chi connectivity index (χ4v) is 10.0. The van der Waals surface area contributed by atoms with Crippen molar-refractivity contribution >= 4 is 30.4 Å². The van der Waals surface area contributed by atoms with Crippen molar-refractivity contribution < 1.29 is 42.3 Å². The zero-order valence-corrected chi connectivity index (χ0v) is 39.0. The second-order valence-corrected chi connectivity index (χ2v) is 18.7. The van der Waals surface area contributed by atoms with Crippen LogP contribution in [0.25, 0.3) is 11.1 Å². The molecule has 3 atom stereocenters. The van der Waals surface area contributed by atoms with Gasteiger partial charge in [0.1, 0.15) is 29.7 Å². The molecule has 3 unspecified atom stereocenters. The minimum Gasteiger partial charge on any atom is -0.497 e. The predicted octanol–water partition coefficient (Wildman–Crippen LogP) is 9.11. The van der Waals surface area contributed by atoms with Gasteiger partial charge in [-0.05, 0) is 101 Å². The molecule has 1 aliphatic rings. The Morgan fingerprint density at radius 3 is 1.81 bits per heavy atom. The average molecular weight is 910 g/mol. The highest BCUT2D eigenvalue weighted by atomic mass is 32.5. The number of alkyl carbamates (subject to hydrolysis) is 1. The van der Waals surface area contributed by atoms with Gasteiger partial charge in [0, 0.05) is 32.7 Å². The number of ether oxygens (including phenoxy) is 5. The zero-order valence-electron chi connectivity index (χ0n) is 37.3. The van der Waals surface area contributed by atoms with Crippen molar-refractivity contribution in [1.82, 2.24) is 15.7 Å². The van der Waals surface area contributed by atoms with E-state index in [1.54, 1.807) is 28.4 Å². The van der Waals surface area contributed by atoms with Crippen LogP contribution in [0.4, 0.5) is 4.79 Å². The molecule has 6 rings (SSSR count). The van der Waals surface area contributed by atoms with Crippen LogP contribution in [0, 0.1) is 0 Å². The first-order chi connectivity index (χ1) is 31.2. The molecule has 1 aliphatic carbocycles. The lowest BCUT2D eigenvalue weighted by Gasteiger charge is -2.37. The van der Waals surface area contributed by atoms with Crippen LogP contribution in [0.3, 0.4) is 0 Å². The Balaban J connectivity index is 1.20. The lowest BCUT2D eigenvalue weighted by molar-refractivity contribution is -0.126. The number of amides is 2. The summed E-state index contributed by atoms with van der Waals surface area (Å²) in [5, 5.41) is 9.21. The Morgan fingerprint density at radius 1 is 0.703 bits per heavy atom. The summed E-state index contributed by atoms with van der Waals surface area (Å²) in [4.78, 5) is 28.1. The fourth-order valence-electron chi connectivity index (χ4n) is 7.99. The van der Waals surface area contributed by atoms with Crippen LogP contribution in [-0.4, -0.2) is 85.5 Å². The second kappa shape index (κ2) is 23.7. The van der Waals surface area contributed by atoms with Gasteiger partial charge >= 0.3 is 6.09 Å². The van der Waals surface area contributed by atoms with Gasteiger partial charge in [-0.1, -0.05) is 110 Å². The van der Waals surface area contributed by atoms with Crippen LogP contribution in [-0.2, 0) is 45.5 Å². The number of unbranched alkanes of at least 4 members (excludes halogenated alkanes) is 2. The smallest absolute Gasteiger partial charge is 0.407 e. The summed E-state index contributed by atoms with van der Waals surface area (Å²) >= 11 is 5.68. The Labute approximate surface area is 382 Å². The van der Waals surface area contributed by atoms with E-state index in [0.717, 1.165) is 51.8 Å². The number of rotatable bonds is 25. The highest BCUT2D eigenvalue weighted by Crippen LogP contribution is 2.46. The summed E-state index contributed by atoms with van der Waals surface area (Å²) in [5.41, 5.74) is 5.54. The van der Waals surface area contributed by atoms with Gasteiger partial charge in [0.15, 0.2) is 0 Å². The molecule has 0 spiro atoms. The molecular weight excluding hydrogens is 850 g/mol. The molecule has 14 heteroatoms. The van der Waals surface area contributed by atoms with Gasteiger partial charge in [-0.15, -0.1) is 0 Å². The van der Waals surface area contributed by atoms with Crippen molar-refractivity contribution in [3.05, 3.63) is 155 Å². The molecule has 12 nitrogen and oxygen atoms in total. The summed E-state index contributed by atoms with van der Waals surface area (Å²) in [6.45, 7) is 0.477. The van der Waals surface area contributed by atoms with Gasteiger partial charge < -0.3 is 43.4 Å². The van der Waals surface area contributed by atoms with Crippen molar-refractivity contribution in [2.45, 2.75) is 56.2 Å². The number of hydrogen-bond acceptors (Lipinski definition) is 10. The lowest BCUT2D eigenvalue weighted by atomic mass is 9.80. The van der Waals surface area contributed by atoms with Crippen molar-refractivity contribution in [2.24, 2.45) is 0 Å². The van der Waals surface area contributed by atoms with Crippen molar-refractivity contribution in [3.8, 4) is 22.6 Å². The van der Waals surface area contributed by atoms with Gasteiger partial charge in [-0.3, -0.25) is 4.79 Å². The number of methoxy groups -OCH3 is 3. The molecule has 0 aliphatic heterocycles. The fraction of sp³-hybridized carbons (Fsp3) is 0.360. The molecule has 0 saturated carbocycles. The maximum Gasteiger partial charge on any atom is 0.407 e. The SMILES string of the molecule is CCC(COC)NP(=S)(OC)OCCCCCNC(=O)C(COC(c1ccccc1)(c1ccc(OC)cc1)c1ccc(OC)cc1)NC(=O)OCC1c2ccccc2-c2ccccc21. The largest absolute Gasteiger partial charge is 0.497 e. The molecule has 5 aromatic rings. The maximum absolute atomic E-state index is 14.2. The van der Waals surface area contributed by atoms with Crippen LogP contribution in [0.5, 0.6) is 11.5 Å². The van der Waals surface area contributed by atoms with Gasteiger partial charge in [0.2, 0.25) is 5.91 Å². The molecule has 5 aromatic carbocycles. The van der Waals surface area contributed by atoms with E-state index in [2.05, 4.69) is 40.0 Å². The van der Waals surface area contributed by atoms with Crippen LogP contribution in [0.2, 0.25) is 0 Å². The number of nitrogens with one attached hydrogen (secondary N) is 3. The molecule has 0 heterocycles. The van der Waals surface area contributed by atoms with Gasteiger partial charge in [-0.2, -0.15) is 0 Å². The number of carbonyl (C=O) groups excluding carboxylic acids is 2. The third-order valence-electron chi connectivity index (χ3n) is 11.4. The zero-order chi connectivity index (χ0) is 45.4. The summed E-state index contributed by atoms with van der Waals surface area (Å²) in [5.74, 6) is 0.773. The normalized spacial score (nSPS) is 14.1. The van der Waals surface area contributed by atoms with E-state index < -0.39 is 30.3 Å². The molecule has 0 radical (unpaired) electrons. The minimum absolute atomic E-state index is 0.0234. The van der Waals surface area contributed by atoms with E-state index in [9.17, 15) is 9.59 Å². The standard InChI is InChI=1S/C50H60N3O9PS/c1-6-39(33-56-2)53-63(64,59-5)62-32-16-8-15-31-51-48(54)47(52-49(55)60-34-46-44-21-13-11-19-42(44)43-20-12-14-22-45(43)46)35-61-50(36-17-9-7-10-18-36,37-23-27-40(57-3)28-24-37)38-25-29-41(58-4)30-26-38/h7,9-14,17-30,39,46-47H,6,8,15-16,31-35H2,1-5H3,(H,51,54)(H,52,55)(H,53,64). The average Bonchev–Trinajstić information content (AvgIpc) is 3.66. The van der Waals surface area contributed by atoms with Crippen molar-refractivity contribution in [3.63, 3.8) is 0 Å². The van der Waals surface area contributed by atoms with E-state index >= 15 is 0 Å². The topological polar surface area (TPSA) is 135 Å². The second-order valence-electron chi connectivity index (χ2n) is 15.4. The van der Waals surface area contributed by atoms with Crippen LogP contribution in [0.15, 0.2) is 127 Å². The summed E-state index contributed by atoms with van der Waals surface area (Å²) in [6.07, 6.45) is 2.19. The van der Waals surface area contributed by atoms with Crippen molar-refractivity contribution in [2.75, 3.05) is 61.4 Å². The van der Waals surface area contributed by atoms with Crippen LogP contribution in [0.1, 0.15) is 66.3 Å². The molecular formula is C50H60N3O9PS. The lowest BCUT2D eigenvalue weighted by Crippen LogP contribution is -2.51. The number of benzene rings is 5. The maximum atomic E-state index is 14.2. The summed E-state index contributed by atoms with van der Waals surface area (Å²) < 4.78 is 41.0. The van der Waals surface area contributed by atoms with Gasteiger partial charge in [0.05, 0.1) is 34.0 Å². The van der Waals surface area contributed by atoms with E-state index in [0.29, 0.717) is 44.1 Å². The van der Waals surface area contributed by atoms with E-state index in [-0.39, 0.29) is 25.2 Å². The summed E-state index contributed by atoms with van der Waals surface area (Å²) in [7, 11) is 6.43. The van der Waals surface area contributed by atoms with E-state index in [1.165, 1.54) is 0 Å². The Morgan fingerprint density at radius 2 is 1.27 bits per heavy atom. The molecule has 0 fully saturated rings. The Kier molecular flexibility index (Phi) is 17.9. The number of hydrogen-bond donors (Lipinski definition) is 3. The van der Waals surface area contributed by atoms with Gasteiger partial charge in [0.25, 0.3) is 6.64 Å². The molecule has 2 amide bonds. The molecule has 3 N–H and O–H groups in total. The van der Waals surface area contributed by atoms with Crippen LogP contribution >= 0.6 is 6.64 Å². The monoisotopic (exact) mass is 909 g/mol. The quantitative estimate of drug-likeness (QED) is 0.0294. The third kappa shape index (κ3) is 12.0. The van der Waals surface area contributed by atoms with E-state index in [1.807, 2.05) is 110 Å². The van der Waals surface area contributed by atoms with Crippen molar-refractivity contribution in [1.29, 1.82) is 0 Å². The third-order valence-corrected chi connectivity index (χ3v) is 14.2. The molecule has 340 valence electrons. The van der Waals surface area contributed by atoms with E-state index in [4.69, 9.17) is 44.5 Å². The molecule has 0 saturated heterocycles. The molecule has 64 heavy (non-hydrogen) atoms. The minimum atomic E-state index is -2.69. The molecule has 0 aromatic heterocycles. The first kappa shape index (κ1) is 48.3. The number of carbonyl (C=O) groups is 2. The van der Waals surface area contributed by atoms with Crippen LogP contribution < -0.4 is 25.2 Å². The first-order valence-electron chi connectivity index (χ1n) is 21.6. The number of fused-ring (bicyclic) bond motifs is 3. The summed E-state index contributed by atoms with van der Waals surface area (Å²) in [6, 6.07) is 40.2.